The predicted molar refractivity (Wildman–Crippen MR) is 66.0 cm³/mol. The topological polar surface area (TPSA) is 32.3 Å². The Bertz CT molecular complexity index is 419. The van der Waals surface area contributed by atoms with Crippen LogP contribution in [0.1, 0.15) is 12.0 Å². The van der Waals surface area contributed by atoms with Crippen LogP contribution < -0.4 is 10.2 Å². The minimum Gasteiger partial charge on any atom is -0.311 e. The number of hydrogen-bond acceptors (Lipinski definition) is 2. The van der Waals surface area contributed by atoms with Gasteiger partial charge < -0.3 is 10.2 Å². The van der Waals surface area contributed by atoms with Gasteiger partial charge in [0, 0.05) is 17.3 Å². The molecule has 1 atom stereocenters. The summed E-state index contributed by atoms with van der Waals surface area (Å²) in [7, 11) is 1.82. The number of anilines is 1. The van der Waals surface area contributed by atoms with Crippen LogP contribution in [0, 0.1) is 6.92 Å². The average molecular weight is 239 g/mol. The molecule has 0 saturated carbocycles. The summed E-state index contributed by atoms with van der Waals surface area (Å²) in [6.45, 7) is 2.72. The number of carbonyl (C=O) groups is 1. The van der Waals surface area contributed by atoms with Gasteiger partial charge in [0.15, 0.2) is 0 Å². The molecule has 1 aliphatic rings. The predicted octanol–water partition coefficient (Wildman–Crippen LogP) is 1.97. The van der Waals surface area contributed by atoms with Crippen molar-refractivity contribution in [2.45, 2.75) is 19.4 Å². The smallest absolute Gasteiger partial charge is 0.244 e. The lowest BCUT2D eigenvalue weighted by molar-refractivity contribution is -0.118. The lowest BCUT2D eigenvalue weighted by Gasteiger charge is -2.17. The van der Waals surface area contributed by atoms with Crippen LogP contribution >= 0.6 is 11.6 Å². The molecule has 1 fully saturated rings. The summed E-state index contributed by atoms with van der Waals surface area (Å²) in [6.07, 6.45) is 0.858. The van der Waals surface area contributed by atoms with Crippen LogP contribution in [-0.4, -0.2) is 25.5 Å². The van der Waals surface area contributed by atoms with E-state index in [9.17, 15) is 4.79 Å². The van der Waals surface area contributed by atoms with E-state index in [-0.39, 0.29) is 11.9 Å². The maximum absolute atomic E-state index is 12.0. The van der Waals surface area contributed by atoms with Crippen molar-refractivity contribution in [1.82, 2.24) is 5.32 Å². The molecule has 1 aromatic carbocycles. The highest BCUT2D eigenvalue weighted by Gasteiger charge is 2.31. The summed E-state index contributed by atoms with van der Waals surface area (Å²) >= 11 is 5.96. The first-order valence-electron chi connectivity index (χ1n) is 5.38. The number of aryl methyl sites for hydroxylation is 1. The van der Waals surface area contributed by atoms with Crippen LogP contribution in [0.3, 0.4) is 0 Å². The molecule has 0 aromatic heterocycles. The normalized spacial score (nSPS) is 20.6. The second-order valence-corrected chi connectivity index (χ2v) is 4.46. The number of halogens is 1. The Hall–Kier alpha value is -1.06. The number of likely N-dealkylation sites (N-methyl/N-ethyl adjacent to an activating group) is 1. The van der Waals surface area contributed by atoms with Crippen LogP contribution in [0.15, 0.2) is 18.2 Å². The van der Waals surface area contributed by atoms with E-state index in [4.69, 9.17) is 11.6 Å². The molecule has 4 heteroatoms. The largest absolute Gasteiger partial charge is 0.311 e. The molecule has 1 aliphatic heterocycles. The van der Waals surface area contributed by atoms with E-state index in [2.05, 4.69) is 5.32 Å². The minimum atomic E-state index is -0.0454. The Morgan fingerprint density at radius 2 is 2.25 bits per heavy atom. The summed E-state index contributed by atoms with van der Waals surface area (Å²) in [4.78, 5) is 13.8. The Kier molecular flexibility index (Phi) is 3.17. The number of hydrogen-bond donors (Lipinski definition) is 1. The number of amides is 1. The summed E-state index contributed by atoms with van der Waals surface area (Å²) in [5.74, 6) is 0.143. The zero-order chi connectivity index (χ0) is 11.7. The van der Waals surface area contributed by atoms with Gasteiger partial charge in [0.1, 0.15) is 0 Å². The molecule has 1 heterocycles. The number of nitrogens with zero attached hydrogens (tertiary/aromatic N) is 1. The fraction of sp³-hybridized carbons (Fsp3) is 0.417. The second-order valence-electron chi connectivity index (χ2n) is 4.05. The average Bonchev–Trinajstić information content (AvgIpc) is 2.64. The molecule has 0 bridgehead atoms. The van der Waals surface area contributed by atoms with Gasteiger partial charge in [-0.3, -0.25) is 4.79 Å². The Morgan fingerprint density at radius 3 is 2.81 bits per heavy atom. The standard InChI is InChI=1S/C12H15ClN2O/c1-8-7-9(3-4-10(8)13)15-6-5-11(14-2)12(15)16/h3-4,7,11,14H,5-6H2,1-2H3. The molecule has 86 valence electrons. The third-order valence-corrected chi connectivity index (χ3v) is 3.43. The van der Waals surface area contributed by atoms with Crippen molar-refractivity contribution in [1.29, 1.82) is 0 Å². The quantitative estimate of drug-likeness (QED) is 0.855. The van der Waals surface area contributed by atoms with E-state index in [1.165, 1.54) is 0 Å². The monoisotopic (exact) mass is 238 g/mol. The molecule has 16 heavy (non-hydrogen) atoms. The van der Waals surface area contributed by atoms with E-state index in [0.29, 0.717) is 0 Å². The third-order valence-electron chi connectivity index (χ3n) is 3.01. The number of nitrogens with one attached hydrogen (secondary N) is 1. The minimum absolute atomic E-state index is 0.0454. The number of carbonyl (C=O) groups excluding carboxylic acids is 1. The molecule has 0 radical (unpaired) electrons. The zero-order valence-corrected chi connectivity index (χ0v) is 10.2. The van der Waals surface area contributed by atoms with E-state index in [0.717, 1.165) is 29.2 Å². The van der Waals surface area contributed by atoms with Crippen LogP contribution in [0.2, 0.25) is 5.02 Å². The lowest BCUT2D eigenvalue weighted by Crippen LogP contribution is -2.36. The van der Waals surface area contributed by atoms with Crippen molar-refractivity contribution < 1.29 is 4.79 Å². The summed E-state index contributed by atoms with van der Waals surface area (Å²) in [5, 5.41) is 3.76. The van der Waals surface area contributed by atoms with Crippen molar-refractivity contribution in [2.75, 3.05) is 18.5 Å². The highest BCUT2D eigenvalue weighted by atomic mass is 35.5. The van der Waals surface area contributed by atoms with Crippen molar-refractivity contribution in [3.63, 3.8) is 0 Å². The third kappa shape index (κ3) is 1.93. The molecule has 1 saturated heterocycles. The highest BCUT2D eigenvalue weighted by Crippen LogP contribution is 2.25. The van der Waals surface area contributed by atoms with Crippen LogP contribution in [0.4, 0.5) is 5.69 Å². The summed E-state index contributed by atoms with van der Waals surface area (Å²) in [5.41, 5.74) is 1.93. The number of rotatable bonds is 2. The van der Waals surface area contributed by atoms with Crippen molar-refractivity contribution in [3.05, 3.63) is 28.8 Å². The zero-order valence-electron chi connectivity index (χ0n) is 9.46. The Labute approximate surface area is 100 Å². The molecule has 0 aliphatic carbocycles. The van der Waals surface area contributed by atoms with Gasteiger partial charge >= 0.3 is 0 Å². The molecule has 0 spiro atoms. The van der Waals surface area contributed by atoms with E-state index >= 15 is 0 Å². The van der Waals surface area contributed by atoms with E-state index in [1.54, 1.807) is 0 Å². The second kappa shape index (κ2) is 4.44. The highest BCUT2D eigenvalue weighted by molar-refractivity contribution is 6.31. The molecule has 1 N–H and O–H groups in total. The van der Waals surface area contributed by atoms with Crippen molar-refractivity contribution >= 4 is 23.2 Å². The molecular weight excluding hydrogens is 224 g/mol. The maximum Gasteiger partial charge on any atom is 0.244 e. The van der Waals surface area contributed by atoms with Gasteiger partial charge in [-0.15, -0.1) is 0 Å². The van der Waals surface area contributed by atoms with Crippen LogP contribution in [0.25, 0.3) is 0 Å². The molecular formula is C12H15ClN2O. The first-order valence-corrected chi connectivity index (χ1v) is 5.76. The summed E-state index contributed by atoms with van der Waals surface area (Å²) in [6, 6.07) is 5.64. The van der Waals surface area contributed by atoms with Gasteiger partial charge in [0.05, 0.1) is 6.04 Å². The molecule has 3 nitrogen and oxygen atoms in total. The van der Waals surface area contributed by atoms with Gasteiger partial charge in [-0.25, -0.2) is 0 Å². The number of benzene rings is 1. The van der Waals surface area contributed by atoms with Gasteiger partial charge in [-0.2, -0.15) is 0 Å². The Morgan fingerprint density at radius 1 is 1.50 bits per heavy atom. The fourth-order valence-corrected chi connectivity index (χ4v) is 2.12. The maximum atomic E-state index is 12.0. The van der Waals surface area contributed by atoms with Gasteiger partial charge in [-0.1, -0.05) is 11.6 Å². The summed E-state index contributed by atoms with van der Waals surface area (Å²) < 4.78 is 0. The van der Waals surface area contributed by atoms with E-state index < -0.39 is 0 Å². The van der Waals surface area contributed by atoms with Crippen molar-refractivity contribution in [2.24, 2.45) is 0 Å². The van der Waals surface area contributed by atoms with Gasteiger partial charge in [-0.05, 0) is 44.2 Å². The lowest BCUT2D eigenvalue weighted by atomic mass is 10.2. The molecule has 1 unspecified atom stereocenters. The fourth-order valence-electron chi connectivity index (χ4n) is 2.00. The first kappa shape index (κ1) is 11.4. The van der Waals surface area contributed by atoms with Crippen LogP contribution in [0.5, 0.6) is 0 Å². The van der Waals surface area contributed by atoms with Crippen molar-refractivity contribution in [3.8, 4) is 0 Å². The molecule has 1 amide bonds. The Balaban J connectivity index is 2.25. The SMILES string of the molecule is CNC1CCN(c2ccc(Cl)c(C)c2)C1=O. The van der Waals surface area contributed by atoms with Gasteiger partial charge in [0.25, 0.3) is 0 Å². The molecule has 2 rings (SSSR count). The van der Waals surface area contributed by atoms with Gasteiger partial charge in [0.2, 0.25) is 5.91 Å². The van der Waals surface area contributed by atoms with E-state index in [1.807, 2.05) is 37.1 Å². The molecule has 1 aromatic rings. The van der Waals surface area contributed by atoms with Crippen LogP contribution in [-0.2, 0) is 4.79 Å². The first-order chi connectivity index (χ1) is 7.63.